The highest BCUT2D eigenvalue weighted by molar-refractivity contribution is 5.32. The Morgan fingerprint density at radius 1 is 1.29 bits per heavy atom. The van der Waals surface area contributed by atoms with Crippen molar-refractivity contribution in [2.24, 2.45) is 5.73 Å². The Kier molecular flexibility index (Phi) is 5.94. The van der Waals surface area contributed by atoms with Gasteiger partial charge in [-0.1, -0.05) is 13.8 Å². The van der Waals surface area contributed by atoms with Gasteiger partial charge in [0.2, 0.25) is 5.95 Å². The van der Waals surface area contributed by atoms with Crippen molar-refractivity contribution in [3.63, 3.8) is 0 Å². The summed E-state index contributed by atoms with van der Waals surface area (Å²) in [4.78, 5) is 14.0. The Bertz CT molecular complexity index is 419. The first-order chi connectivity index (χ1) is 10.1. The molecule has 0 aromatic carbocycles. The molecule has 21 heavy (non-hydrogen) atoms. The lowest BCUT2D eigenvalue weighted by molar-refractivity contribution is 0.327. The van der Waals surface area contributed by atoms with Crippen LogP contribution in [0.25, 0.3) is 0 Å². The number of rotatable bonds is 5. The van der Waals surface area contributed by atoms with E-state index >= 15 is 0 Å². The first kappa shape index (κ1) is 16.2. The van der Waals surface area contributed by atoms with Gasteiger partial charge in [-0.15, -0.1) is 0 Å². The van der Waals surface area contributed by atoms with E-state index in [1.165, 1.54) is 6.42 Å². The van der Waals surface area contributed by atoms with Crippen molar-refractivity contribution in [1.29, 1.82) is 0 Å². The van der Waals surface area contributed by atoms with E-state index in [1.54, 1.807) is 0 Å². The van der Waals surface area contributed by atoms with E-state index in [0.29, 0.717) is 6.04 Å². The number of nitrogens with two attached hydrogens (primary N) is 1. The SMILES string of the molecule is CCC(N)Cc1cnc(N2CCCN(C)CC2CC)nc1. The average molecular weight is 291 g/mol. The Labute approximate surface area is 128 Å². The molecule has 1 aromatic heterocycles. The van der Waals surface area contributed by atoms with E-state index in [0.717, 1.165) is 50.4 Å². The van der Waals surface area contributed by atoms with Gasteiger partial charge < -0.3 is 15.5 Å². The summed E-state index contributed by atoms with van der Waals surface area (Å²) < 4.78 is 0. The van der Waals surface area contributed by atoms with Crippen LogP contribution in [0.3, 0.4) is 0 Å². The summed E-state index contributed by atoms with van der Waals surface area (Å²) >= 11 is 0. The second-order valence-electron chi connectivity index (χ2n) is 6.14. The van der Waals surface area contributed by atoms with Gasteiger partial charge in [-0.05, 0) is 44.8 Å². The smallest absolute Gasteiger partial charge is 0.225 e. The quantitative estimate of drug-likeness (QED) is 0.894. The number of nitrogens with zero attached hydrogens (tertiary/aromatic N) is 4. The predicted octanol–water partition coefficient (Wildman–Crippen LogP) is 1.68. The molecular weight excluding hydrogens is 262 g/mol. The van der Waals surface area contributed by atoms with Crippen molar-refractivity contribution < 1.29 is 0 Å². The molecule has 0 bridgehead atoms. The predicted molar refractivity (Wildman–Crippen MR) is 87.5 cm³/mol. The van der Waals surface area contributed by atoms with Gasteiger partial charge in [0.15, 0.2) is 0 Å². The molecule has 0 saturated carbocycles. The molecule has 1 aromatic rings. The van der Waals surface area contributed by atoms with Crippen molar-refractivity contribution in [3.8, 4) is 0 Å². The molecule has 1 aliphatic heterocycles. The summed E-state index contributed by atoms with van der Waals surface area (Å²) in [5.74, 6) is 0.867. The lowest BCUT2D eigenvalue weighted by Crippen LogP contribution is -2.40. The minimum atomic E-state index is 0.203. The van der Waals surface area contributed by atoms with Gasteiger partial charge in [-0.2, -0.15) is 0 Å². The Morgan fingerprint density at radius 2 is 2.00 bits per heavy atom. The lowest BCUT2D eigenvalue weighted by Gasteiger charge is -2.30. The Morgan fingerprint density at radius 3 is 2.62 bits per heavy atom. The average Bonchev–Trinajstić information content (AvgIpc) is 2.69. The summed E-state index contributed by atoms with van der Waals surface area (Å²) in [7, 11) is 2.20. The van der Waals surface area contributed by atoms with Gasteiger partial charge in [-0.25, -0.2) is 9.97 Å². The number of anilines is 1. The highest BCUT2D eigenvalue weighted by atomic mass is 15.3. The van der Waals surface area contributed by atoms with Crippen molar-refractivity contribution in [2.75, 3.05) is 31.6 Å². The van der Waals surface area contributed by atoms with E-state index in [1.807, 2.05) is 12.4 Å². The molecule has 1 aliphatic rings. The number of likely N-dealkylation sites (N-methyl/N-ethyl adjacent to an activating group) is 1. The highest BCUT2D eigenvalue weighted by Crippen LogP contribution is 2.18. The maximum Gasteiger partial charge on any atom is 0.225 e. The van der Waals surface area contributed by atoms with Crippen LogP contribution < -0.4 is 10.6 Å². The Hall–Kier alpha value is -1.20. The standard InChI is InChI=1S/C16H29N5/c1-4-14(17)9-13-10-18-16(19-11-13)21-8-6-7-20(3)12-15(21)5-2/h10-11,14-15H,4-9,12,17H2,1-3H3. The van der Waals surface area contributed by atoms with Crippen LogP contribution in [0.1, 0.15) is 38.7 Å². The molecule has 2 N–H and O–H groups in total. The van der Waals surface area contributed by atoms with E-state index in [-0.39, 0.29) is 6.04 Å². The number of hydrogen-bond acceptors (Lipinski definition) is 5. The maximum atomic E-state index is 5.99. The molecule has 0 radical (unpaired) electrons. The fourth-order valence-electron chi connectivity index (χ4n) is 2.90. The Balaban J connectivity index is 2.08. The molecule has 5 heteroatoms. The fraction of sp³-hybridized carbons (Fsp3) is 0.750. The van der Waals surface area contributed by atoms with Crippen molar-refractivity contribution in [1.82, 2.24) is 14.9 Å². The lowest BCUT2D eigenvalue weighted by atomic mass is 10.1. The van der Waals surface area contributed by atoms with Crippen LogP contribution in [0.5, 0.6) is 0 Å². The van der Waals surface area contributed by atoms with Gasteiger partial charge in [0.1, 0.15) is 0 Å². The van der Waals surface area contributed by atoms with Gasteiger partial charge >= 0.3 is 0 Å². The first-order valence-electron chi connectivity index (χ1n) is 8.15. The molecule has 1 saturated heterocycles. The molecule has 0 spiro atoms. The fourth-order valence-corrected chi connectivity index (χ4v) is 2.90. The van der Waals surface area contributed by atoms with Gasteiger partial charge in [-0.3, -0.25) is 0 Å². The van der Waals surface area contributed by atoms with E-state index in [2.05, 4.69) is 40.7 Å². The van der Waals surface area contributed by atoms with E-state index < -0.39 is 0 Å². The third-order valence-corrected chi connectivity index (χ3v) is 4.34. The maximum absolute atomic E-state index is 5.99. The minimum absolute atomic E-state index is 0.203. The molecule has 2 unspecified atom stereocenters. The second kappa shape index (κ2) is 7.71. The van der Waals surface area contributed by atoms with E-state index in [4.69, 9.17) is 5.73 Å². The van der Waals surface area contributed by atoms with Gasteiger partial charge in [0.25, 0.3) is 0 Å². The van der Waals surface area contributed by atoms with Crippen molar-refractivity contribution in [3.05, 3.63) is 18.0 Å². The second-order valence-corrected chi connectivity index (χ2v) is 6.14. The summed E-state index contributed by atoms with van der Waals surface area (Å²) in [6.45, 7) is 7.63. The summed E-state index contributed by atoms with van der Waals surface area (Å²) in [5, 5.41) is 0. The molecule has 1 fully saturated rings. The summed E-state index contributed by atoms with van der Waals surface area (Å²) in [6, 6.07) is 0.705. The largest absolute Gasteiger partial charge is 0.337 e. The first-order valence-corrected chi connectivity index (χ1v) is 8.15. The van der Waals surface area contributed by atoms with Gasteiger partial charge in [0.05, 0.1) is 0 Å². The molecule has 2 heterocycles. The normalized spacial score (nSPS) is 22.1. The van der Waals surface area contributed by atoms with Crippen molar-refractivity contribution >= 4 is 5.95 Å². The summed E-state index contributed by atoms with van der Waals surface area (Å²) in [5.41, 5.74) is 7.13. The zero-order chi connectivity index (χ0) is 15.2. The molecule has 2 atom stereocenters. The highest BCUT2D eigenvalue weighted by Gasteiger charge is 2.23. The zero-order valence-electron chi connectivity index (χ0n) is 13.6. The molecule has 0 amide bonds. The van der Waals surface area contributed by atoms with Crippen LogP contribution in [0.15, 0.2) is 12.4 Å². The molecule has 5 nitrogen and oxygen atoms in total. The summed E-state index contributed by atoms with van der Waals surface area (Å²) in [6.07, 6.45) is 8.02. The minimum Gasteiger partial charge on any atom is -0.337 e. The third kappa shape index (κ3) is 4.38. The topological polar surface area (TPSA) is 58.3 Å². The van der Waals surface area contributed by atoms with Crippen LogP contribution in [-0.4, -0.2) is 53.6 Å². The molecule has 118 valence electrons. The zero-order valence-corrected chi connectivity index (χ0v) is 13.6. The molecule has 2 rings (SSSR count). The molecular formula is C16H29N5. The van der Waals surface area contributed by atoms with Crippen LogP contribution in [-0.2, 0) is 6.42 Å². The van der Waals surface area contributed by atoms with Crippen molar-refractivity contribution in [2.45, 2.75) is 51.6 Å². The third-order valence-electron chi connectivity index (χ3n) is 4.34. The van der Waals surface area contributed by atoms with Crippen LogP contribution >= 0.6 is 0 Å². The van der Waals surface area contributed by atoms with E-state index in [9.17, 15) is 0 Å². The number of aromatic nitrogens is 2. The monoisotopic (exact) mass is 291 g/mol. The van der Waals surface area contributed by atoms with Gasteiger partial charge in [0, 0.05) is 37.6 Å². The molecule has 0 aliphatic carbocycles. The number of hydrogen-bond donors (Lipinski definition) is 1. The van der Waals surface area contributed by atoms with Crippen LogP contribution in [0, 0.1) is 0 Å². The van der Waals surface area contributed by atoms with Crippen LogP contribution in [0.4, 0.5) is 5.95 Å². The van der Waals surface area contributed by atoms with Crippen LogP contribution in [0.2, 0.25) is 0 Å².